The van der Waals surface area contributed by atoms with E-state index in [1.54, 1.807) is 30.3 Å². The summed E-state index contributed by atoms with van der Waals surface area (Å²) >= 11 is 0. The Bertz CT molecular complexity index is 1110. The number of rotatable bonds is 5. The van der Waals surface area contributed by atoms with E-state index in [2.05, 4.69) is 16.0 Å². The Morgan fingerprint density at radius 1 is 1.00 bits per heavy atom. The van der Waals surface area contributed by atoms with Crippen molar-refractivity contribution in [2.75, 3.05) is 35.7 Å². The lowest BCUT2D eigenvalue weighted by Gasteiger charge is -2.19. The molecule has 1 aliphatic heterocycles. The van der Waals surface area contributed by atoms with Gasteiger partial charge in [0.05, 0.1) is 5.69 Å². The molecule has 0 fully saturated rings. The van der Waals surface area contributed by atoms with Gasteiger partial charge in [-0.2, -0.15) is 0 Å². The molecule has 1 aromatic heterocycles. The first-order valence-electron chi connectivity index (χ1n) is 9.43. The van der Waals surface area contributed by atoms with Gasteiger partial charge in [0, 0.05) is 23.7 Å². The molecule has 29 heavy (non-hydrogen) atoms. The number of urea groups is 1. The Hall–Kier alpha value is -3.68. The van der Waals surface area contributed by atoms with Crippen LogP contribution >= 0.6 is 0 Å². The molecule has 8 nitrogen and oxygen atoms in total. The van der Waals surface area contributed by atoms with Crippen LogP contribution in [0, 0.1) is 0 Å². The quantitative estimate of drug-likeness (QED) is 0.564. The number of nitrogens with one attached hydrogen (secondary N) is 3. The average Bonchev–Trinajstić information content (AvgIpc) is 2.73. The molecule has 150 valence electrons. The van der Waals surface area contributed by atoms with Gasteiger partial charge in [0.25, 0.3) is 0 Å². The summed E-state index contributed by atoms with van der Waals surface area (Å²) in [6.07, 6.45) is 0.859. The highest BCUT2D eigenvalue weighted by molar-refractivity contribution is 6.05. The normalized spacial score (nSPS) is 12.4. The van der Waals surface area contributed by atoms with Crippen LogP contribution < -0.4 is 31.0 Å². The van der Waals surface area contributed by atoms with Gasteiger partial charge in [0.2, 0.25) is 0 Å². The fourth-order valence-corrected chi connectivity index (χ4v) is 3.09. The molecule has 1 aliphatic rings. The molecule has 4 rings (SSSR count). The van der Waals surface area contributed by atoms with Crippen molar-refractivity contribution in [1.29, 1.82) is 0 Å². The molecule has 0 radical (unpaired) electrons. The van der Waals surface area contributed by atoms with E-state index in [-0.39, 0.29) is 5.69 Å². The Balaban J connectivity index is 1.60. The number of amides is 2. The van der Waals surface area contributed by atoms with E-state index in [0.29, 0.717) is 48.2 Å². The summed E-state index contributed by atoms with van der Waals surface area (Å²) in [6.45, 7) is 3.60. The first-order chi connectivity index (χ1) is 14.2. The van der Waals surface area contributed by atoms with Gasteiger partial charge < -0.3 is 24.5 Å². The van der Waals surface area contributed by atoms with Crippen LogP contribution in [0.1, 0.15) is 13.3 Å². The molecule has 3 aromatic rings. The molecule has 0 unspecified atom stereocenters. The number of hydrogen-bond donors (Lipinski definition) is 3. The Kier molecular flexibility index (Phi) is 5.24. The van der Waals surface area contributed by atoms with Gasteiger partial charge in [-0.15, -0.1) is 0 Å². The summed E-state index contributed by atoms with van der Waals surface area (Å²) in [7, 11) is 0. The number of ether oxygens (including phenoxy) is 2. The van der Waals surface area contributed by atoms with E-state index in [1.807, 2.05) is 19.1 Å². The van der Waals surface area contributed by atoms with Gasteiger partial charge in [-0.1, -0.05) is 19.1 Å². The summed E-state index contributed by atoms with van der Waals surface area (Å²) in [6, 6.07) is 11.7. The molecule has 0 atom stereocenters. The number of anilines is 3. The first kappa shape index (κ1) is 18.7. The lowest BCUT2D eigenvalue weighted by Crippen LogP contribution is -2.25. The number of para-hydroxylation sites is 1. The average molecular weight is 395 g/mol. The minimum atomic E-state index is -0.625. The standard InChI is InChI=1S/C21H21N3O5/c1-2-9-22-18-14-5-3-4-6-15(14)29-20(25)19(18)24-21(26)23-13-7-8-16-17(12-13)28-11-10-27-16/h3-8,12,22H,2,9-11H2,1H3,(H2,23,24,26). The maximum atomic E-state index is 12.6. The van der Waals surface area contributed by atoms with Crippen LogP contribution in [0.2, 0.25) is 0 Å². The zero-order chi connectivity index (χ0) is 20.2. The molecule has 0 spiro atoms. The number of hydrogen-bond acceptors (Lipinski definition) is 6. The monoisotopic (exact) mass is 395 g/mol. The highest BCUT2D eigenvalue weighted by atomic mass is 16.6. The highest BCUT2D eigenvalue weighted by Gasteiger charge is 2.18. The highest BCUT2D eigenvalue weighted by Crippen LogP contribution is 2.33. The van der Waals surface area contributed by atoms with Gasteiger partial charge in [0.15, 0.2) is 17.2 Å². The van der Waals surface area contributed by atoms with Gasteiger partial charge >= 0.3 is 11.7 Å². The zero-order valence-corrected chi connectivity index (χ0v) is 15.9. The first-order valence-corrected chi connectivity index (χ1v) is 9.43. The SMILES string of the molecule is CCCNc1c(NC(=O)Nc2ccc3c(c2)OCCO3)c(=O)oc2ccccc12. The summed E-state index contributed by atoms with van der Waals surface area (Å²) in [5.41, 5.74) is 0.941. The fraction of sp³-hybridized carbons (Fsp3) is 0.238. The Morgan fingerprint density at radius 3 is 2.62 bits per heavy atom. The fourth-order valence-electron chi connectivity index (χ4n) is 3.09. The summed E-state index contributed by atoms with van der Waals surface area (Å²) in [5, 5.41) is 9.26. The smallest absolute Gasteiger partial charge is 0.362 e. The molecule has 0 saturated carbocycles. The molecule has 2 aromatic carbocycles. The molecule has 2 heterocycles. The zero-order valence-electron chi connectivity index (χ0n) is 15.9. The second kappa shape index (κ2) is 8.14. The van der Waals surface area contributed by atoms with Crippen LogP contribution in [0.15, 0.2) is 51.7 Å². The van der Waals surface area contributed by atoms with Crippen molar-refractivity contribution in [2.45, 2.75) is 13.3 Å². The van der Waals surface area contributed by atoms with Gasteiger partial charge in [-0.05, 0) is 30.7 Å². The largest absolute Gasteiger partial charge is 0.486 e. The van der Waals surface area contributed by atoms with Crippen LogP contribution in [-0.2, 0) is 0 Å². The second-order valence-electron chi connectivity index (χ2n) is 6.50. The van der Waals surface area contributed by atoms with Crippen molar-refractivity contribution in [3.8, 4) is 11.5 Å². The van der Waals surface area contributed by atoms with Crippen LogP contribution in [-0.4, -0.2) is 25.8 Å². The number of carbonyl (C=O) groups excluding carboxylic acids is 1. The topological polar surface area (TPSA) is 102 Å². The van der Waals surface area contributed by atoms with E-state index in [4.69, 9.17) is 13.9 Å². The molecule has 8 heteroatoms. The summed E-state index contributed by atoms with van der Waals surface area (Å²) in [4.78, 5) is 25.1. The molecule has 2 amide bonds. The molecule has 3 N–H and O–H groups in total. The third-order valence-electron chi connectivity index (χ3n) is 4.40. The molecular weight excluding hydrogens is 374 g/mol. The third kappa shape index (κ3) is 3.96. The Morgan fingerprint density at radius 2 is 1.79 bits per heavy atom. The van der Waals surface area contributed by atoms with Crippen molar-refractivity contribution in [3.63, 3.8) is 0 Å². The van der Waals surface area contributed by atoms with Gasteiger partial charge in [-0.3, -0.25) is 5.32 Å². The lowest BCUT2D eigenvalue weighted by atomic mass is 10.2. The predicted molar refractivity (Wildman–Crippen MR) is 111 cm³/mol. The van der Waals surface area contributed by atoms with Crippen LogP contribution in [0.5, 0.6) is 11.5 Å². The number of carbonyl (C=O) groups is 1. The second-order valence-corrected chi connectivity index (χ2v) is 6.50. The lowest BCUT2D eigenvalue weighted by molar-refractivity contribution is 0.171. The summed E-state index contributed by atoms with van der Waals surface area (Å²) in [5.74, 6) is 1.19. The van der Waals surface area contributed by atoms with Crippen LogP contribution in [0.4, 0.5) is 21.9 Å². The van der Waals surface area contributed by atoms with E-state index < -0.39 is 11.7 Å². The van der Waals surface area contributed by atoms with E-state index >= 15 is 0 Å². The molecule has 0 aliphatic carbocycles. The Labute approximate surface area is 166 Å². The minimum Gasteiger partial charge on any atom is -0.486 e. The van der Waals surface area contributed by atoms with Crippen LogP contribution in [0.25, 0.3) is 11.0 Å². The minimum absolute atomic E-state index is 0.0622. The third-order valence-corrected chi connectivity index (χ3v) is 4.40. The van der Waals surface area contributed by atoms with Crippen molar-refractivity contribution in [3.05, 3.63) is 52.9 Å². The molecule has 0 saturated heterocycles. The van der Waals surface area contributed by atoms with Crippen molar-refractivity contribution in [2.24, 2.45) is 0 Å². The summed E-state index contributed by atoms with van der Waals surface area (Å²) < 4.78 is 16.4. The van der Waals surface area contributed by atoms with Gasteiger partial charge in [-0.25, -0.2) is 9.59 Å². The van der Waals surface area contributed by atoms with E-state index in [0.717, 1.165) is 11.8 Å². The molecular formula is C21H21N3O5. The van der Waals surface area contributed by atoms with Crippen molar-refractivity contribution >= 4 is 34.1 Å². The number of fused-ring (bicyclic) bond motifs is 2. The predicted octanol–water partition coefficient (Wildman–Crippen LogP) is 4.03. The van der Waals surface area contributed by atoms with Crippen molar-refractivity contribution < 1.29 is 18.7 Å². The number of benzene rings is 2. The van der Waals surface area contributed by atoms with E-state index in [1.165, 1.54) is 0 Å². The van der Waals surface area contributed by atoms with E-state index in [9.17, 15) is 9.59 Å². The molecule has 0 bridgehead atoms. The van der Waals surface area contributed by atoms with Crippen LogP contribution in [0.3, 0.4) is 0 Å². The maximum absolute atomic E-state index is 12.6. The maximum Gasteiger partial charge on any atom is 0.362 e. The van der Waals surface area contributed by atoms with Gasteiger partial charge in [0.1, 0.15) is 18.8 Å². The van der Waals surface area contributed by atoms with Crippen molar-refractivity contribution in [1.82, 2.24) is 0 Å².